The smallest absolute Gasteiger partial charge is 0.203 e. The number of Topliss-reactive ketones (excluding diaryl/α,β-unsaturated/α-hetero) is 1. The van der Waals surface area contributed by atoms with Crippen LogP contribution in [-0.4, -0.2) is 27.1 Å². The zero-order valence-corrected chi connectivity index (χ0v) is 11.5. The molecule has 0 atom stereocenters. The van der Waals surface area contributed by atoms with Gasteiger partial charge in [0.25, 0.3) is 0 Å². The number of carbonyl (C=O) groups excluding carboxylic acids is 1. The highest BCUT2D eigenvalue weighted by molar-refractivity contribution is 6.09. The van der Waals surface area contributed by atoms with E-state index in [1.807, 2.05) is 6.08 Å². The second-order valence-electron chi connectivity index (χ2n) is 4.36. The van der Waals surface area contributed by atoms with E-state index in [0.29, 0.717) is 22.8 Å². The number of carbonyl (C=O) groups is 1. The molecule has 0 spiro atoms. The van der Waals surface area contributed by atoms with E-state index in [2.05, 4.69) is 0 Å². The number of methoxy groups -OCH3 is 3. The molecular formula is C15H18O4. The lowest BCUT2D eigenvalue weighted by Crippen LogP contribution is -2.04. The minimum absolute atomic E-state index is 0.0387. The van der Waals surface area contributed by atoms with Gasteiger partial charge in [0.15, 0.2) is 17.3 Å². The Hall–Kier alpha value is -1.97. The highest BCUT2D eigenvalue weighted by Crippen LogP contribution is 2.39. The molecule has 0 unspecified atom stereocenters. The molecule has 1 aromatic carbocycles. The molecule has 0 aliphatic heterocycles. The first kappa shape index (κ1) is 13.5. The summed E-state index contributed by atoms with van der Waals surface area (Å²) in [4.78, 5) is 12.4. The van der Waals surface area contributed by atoms with Gasteiger partial charge >= 0.3 is 0 Å². The summed E-state index contributed by atoms with van der Waals surface area (Å²) >= 11 is 0. The topological polar surface area (TPSA) is 44.8 Å². The molecule has 0 N–H and O–H groups in total. The summed E-state index contributed by atoms with van der Waals surface area (Å²) in [6, 6.07) is 3.39. The molecule has 1 aliphatic rings. The molecular weight excluding hydrogens is 244 g/mol. The molecule has 0 amide bonds. The zero-order chi connectivity index (χ0) is 13.8. The lowest BCUT2D eigenvalue weighted by Gasteiger charge is -2.13. The van der Waals surface area contributed by atoms with E-state index in [-0.39, 0.29) is 5.78 Å². The fraction of sp³-hybridized carbons (Fsp3) is 0.400. The number of allylic oxidation sites excluding steroid dienone is 2. The highest BCUT2D eigenvalue weighted by Gasteiger charge is 2.20. The molecule has 0 heterocycles. The second-order valence-corrected chi connectivity index (χ2v) is 4.36. The first-order valence-corrected chi connectivity index (χ1v) is 6.25. The third-order valence-electron chi connectivity index (χ3n) is 3.26. The van der Waals surface area contributed by atoms with E-state index in [0.717, 1.165) is 24.8 Å². The lowest BCUT2D eigenvalue weighted by molar-refractivity contribution is 0.103. The second kappa shape index (κ2) is 5.78. The van der Waals surface area contributed by atoms with Crippen LogP contribution in [0.1, 0.15) is 29.6 Å². The molecule has 0 fully saturated rings. The summed E-state index contributed by atoms with van der Waals surface area (Å²) in [5.41, 5.74) is 1.44. The van der Waals surface area contributed by atoms with E-state index < -0.39 is 0 Å². The van der Waals surface area contributed by atoms with Gasteiger partial charge in [0.2, 0.25) is 5.75 Å². The van der Waals surface area contributed by atoms with Crippen LogP contribution < -0.4 is 14.2 Å². The summed E-state index contributed by atoms with van der Waals surface area (Å²) in [6.07, 6.45) is 4.87. The van der Waals surface area contributed by atoms with Crippen LogP contribution in [0.4, 0.5) is 0 Å². The molecule has 19 heavy (non-hydrogen) atoms. The van der Waals surface area contributed by atoms with Crippen molar-refractivity contribution < 1.29 is 19.0 Å². The highest BCUT2D eigenvalue weighted by atomic mass is 16.5. The summed E-state index contributed by atoms with van der Waals surface area (Å²) in [7, 11) is 4.63. The maximum atomic E-state index is 12.4. The average molecular weight is 262 g/mol. The normalized spacial score (nSPS) is 13.9. The van der Waals surface area contributed by atoms with E-state index in [9.17, 15) is 4.79 Å². The number of benzene rings is 1. The lowest BCUT2D eigenvalue weighted by atomic mass is 10.0. The van der Waals surface area contributed by atoms with Crippen LogP contribution in [-0.2, 0) is 0 Å². The minimum Gasteiger partial charge on any atom is -0.493 e. The molecule has 0 saturated heterocycles. The maximum Gasteiger partial charge on any atom is 0.203 e. The third kappa shape index (κ3) is 2.57. The molecule has 4 nitrogen and oxygen atoms in total. The summed E-state index contributed by atoms with van der Waals surface area (Å²) in [6.45, 7) is 0. The number of ketones is 1. The fourth-order valence-corrected chi connectivity index (χ4v) is 2.27. The van der Waals surface area contributed by atoms with Crippen molar-refractivity contribution >= 4 is 5.78 Å². The van der Waals surface area contributed by atoms with Gasteiger partial charge < -0.3 is 14.2 Å². The van der Waals surface area contributed by atoms with Gasteiger partial charge in [-0.2, -0.15) is 0 Å². The molecule has 0 aromatic heterocycles. The van der Waals surface area contributed by atoms with Gasteiger partial charge in [-0.05, 0) is 37.0 Å². The standard InChI is InChI=1S/C15H18O4/c1-17-12-8-11(9-13(18-2)15(12)19-3)14(16)10-6-4-5-7-10/h6,8-9H,4-5,7H2,1-3H3. The van der Waals surface area contributed by atoms with Gasteiger partial charge in [-0.15, -0.1) is 0 Å². The van der Waals surface area contributed by atoms with Gasteiger partial charge in [0.05, 0.1) is 21.3 Å². The van der Waals surface area contributed by atoms with Gasteiger partial charge in [0.1, 0.15) is 0 Å². The SMILES string of the molecule is COc1cc(C(=O)C2=CCCC2)cc(OC)c1OC. The molecule has 0 bridgehead atoms. The average Bonchev–Trinajstić information content (AvgIpc) is 2.98. The first-order valence-electron chi connectivity index (χ1n) is 6.25. The van der Waals surface area contributed by atoms with Crippen LogP contribution in [0.5, 0.6) is 17.2 Å². The van der Waals surface area contributed by atoms with Crippen molar-refractivity contribution in [1.29, 1.82) is 0 Å². The Morgan fingerprint density at radius 3 is 2.11 bits per heavy atom. The predicted molar refractivity (Wildman–Crippen MR) is 72.4 cm³/mol. The van der Waals surface area contributed by atoms with Crippen molar-refractivity contribution in [3.8, 4) is 17.2 Å². The minimum atomic E-state index is 0.0387. The Bertz CT molecular complexity index is 492. The van der Waals surface area contributed by atoms with E-state index >= 15 is 0 Å². The summed E-state index contributed by atoms with van der Waals surface area (Å²) in [5.74, 6) is 1.55. The zero-order valence-electron chi connectivity index (χ0n) is 11.5. The van der Waals surface area contributed by atoms with Crippen molar-refractivity contribution in [1.82, 2.24) is 0 Å². The Kier molecular flexibility index (Phi) is 4.10. The van der Waals surface area contributed by atoms with Crippen LogP contribution in [0.15, 0.2) is 23.8 Å². The van der Waals surface area contributed by atoms with Crippen LogP contribution >= 0.6 is 0 Å². The predicted octanol–water partition coefficient (Wildman–Crippen LogP) is 3.01. The van der Waals surface area contributed by atoms with Crippen LogP contribution in [0.25, 0.3) is 0 Å². The number of ether oxygens (including phenoxy) is 3. The summed E-state index contributed by atoms with van der Waals surface area (Å²) in [5, 5.41) is 0. The maximum absolute atomic E-state index is 12.4. The molecule has 0 radical (unpaired) electrons. The third-order valence-corrected chi connectivity index (χ3v) is 3.26. The van der Waals surface area contributed by atoms with E-state index in [1.54, 1.807) is 33.5 Å². The van der Waals surface area contributed by atoms with Crippen molar-refractivity contribution in [3.05, 3.63) is 29.3 Å². The van der Waals surface area contributed by atoms with Crippen molar-refractivity contribution in [2.24, 2.45) is 0 Å². The quantitative estimate of drug-likeness (QED) is 0.765. The molecule has 1 aliphatic carbocycles. The van der Waals surface area contributed by atoms with E-state index in [1.165, 1.54) is 0 Å². The molecule has 4 heteroatoms. The number of rotatable bonds is 5. The number of hydrogen-bond acceptors (Lipinski definition) is 4. The number of hydrogen-bond donors (Lipinski definition) is 0. The largest absolute Gasteiger partial charge is 0.493 e. The molecule has 102 valence electrons. The van der Waals surface area contributed by atoms with Crippen LogP contribution in [0.2, 0.25) is 0 Å². The Morgan fingerprint density at radius 1 is 1.05 bits per heavy atom. The van der Waals surface area contributed by atoms with Gasteiger partial charge in [-0.1, -0.05) is 6.08 Å². The molecule has 2 rings (SSSR count). The monoisotopic (exact) mass is 262 g/mol. The van der Waals surface area contributed by atoms with Crippen molar-refractivity contribution in [2.75, 3.05) is 21.3 Å². The van der Waals surface area contributed by atoms with Crippen LogP contribution in [0, 0.1) is 0 Å². The van der Waals surface area contributed by atoms with Gasteiger partial charge in [-0.25, -0.2) is 0 Å². The first-order chi connectivity index (χ1) is 9.21. The molecule has 0 saturated carbocycles. The Morgan fingerprint density at radius 2 is 1.68 bits per heavy atom. The fourth-order valence-electron chi connectivity index (χ4n) is 2.27. The van der Waals surface area contributed by atoms with E-state index in [4.69, 9.17) is 14.2 Å². The van der Waals surface area contributed by atoms with Crippen molar-refractivity contribution in [3.63, 3.8) is 0 Å². The molecule has 1 aromatic rings. The van der Waals surface area contributed by atoms with Gasteiger partial charge in [-0.3, -0.25) is 4.79 Å². The Labute approximate surface area is 113 Å². The van der Waals surface area contributed by atoms with Crippen LogP contribution in [0.3, 0.4) is 0 Å². The van der Waals surface area contributed by atoms with Crippen molar-refractivity contribution in [2.45, 2.75) is 19.3 Å². The van der Waals surface area contributed by atoms with Gasteiger partial charge in [0, 0.05) is 5.56 Å². The summed E-state index contributed by atoms with van der Waals surface area (Å²) < 4.78 is 15.8. The Balaban J connectivity index is 2.43.